The van der Waals surface area contributed by atoms with Gasteiger partial charge in [0, 0.05) is 49.6 Å². The highest BCUT2D eigenvalue weighted by molar-refractivity contribution is 7.90. The molecular formula is C18H21N5O2S. The van der Waals surface area contributed by atoms with Gasteiger partial charge in [0.05, 0.1) is 11.2 Å². The van der Waals surface area contributed by atoms with E-state index in [1.807, 2.05) is 19.1 Å². The predicted molar refractivity (Wildman–Crippen MR) is 101 cm³/mol. The molecule has 0 amide bonds. The zero-order valence-electron chi connectivity index (χ0n) is 14.6. The van der Waals surface area contributed by atoms with Crippen molar-refractivity contribution in [3.05, 3.63) is 48.4 Å². The molecule has 1 saturated heterocycles. The predicted octanol–water partition coefficient (Wildman–Crippen LogP) is 1.64. The Balaban J connectivity index is 1.88. The number of nitrogens with zero attached hydrogens (tertiary/aromatic N) is 4. The smallest absolute Gasteiger partial charge is 0.285 e. The molecule has 8 heteroatoms. The molecule has 0 unspecified atom stereocenters. The Morgan fingerprint density at radius 1 is 1.19 bits per heavy atom. The number of aromatic nitrogens is 3. The first kappa shape index (κ1) is 17.0. The minimum atomic E-state index is -3.79. The van der Waals surface area contributed by atoms with Crippen LogP contribution in [-0.4, -0.2) is 48.8 Å². The van der Waals surface area contributed by atoms with Crippen molar-refractivity contribution in [1.29, 1.82) is 0 Å². The number of rotatable bonds is 4. The fourth-order valence-electron chi connectivity index (χ4n) is 3.30. The number of hydrogen-bond acceptors (Lipinski definition) is 6. The summed E-state index contributed by atoms with van der Waals surface area (Å²) in [6, 6.07) is 9.12. The first-order valence-electron chi connectivity index (χ1n) is 8.74. The van der Waals surface area contributed by atoms with Crippen LogP contribution < -0.4 is 10.2 Å². The average molecular weight is 371 g/mol. The standard InChI is InChI=1S/C18H21N5O2S/c1-2-17-16-6-5-14(22-10-8-19-9-11-22)12-18(16)23(21-17)26(24,25)15-4-3-7-20-13-15/h3-7,12-13,19H,2,8-11H2,1H3. The fourth-order valence-corrected chi connectivity index (χ4v) is 4.56. The summed E-state index contributed by atoms with van der Waals surface area (Å²) in [5, 5.41) is 8.62. The molecule has 1 fully saturated rings. The van der Waals surface area contributed by atoms with E-state index in [9.17, 15) is 8.42 Å². The van der Waals surface area contributed by atoms with Crippen molar-refractivity contribution in [2.45, 2.75) is 18.2 Å². The van der Waals surface area contributed by atoms with Crippen LogP contribution in [0.3, 0.4) is 0 Å². The van der Waals surface area contributed by atoms with E-state index in [2.05, 4.69) is 26.4 Å². The summed E-state index contributed by atoms with van der Waals surface area (Å²) in [6.07, 6.45) is 3.58. The lowest BCUT2D eigenvalue weighted by Crippen LogP contribution is -2.43. The van der Waals surface area contributed by atoms with E-state index in [1.165, 1.54) is 6.20 Å². The lowest BCUT2D eigenvalue weighted by Gasteiger charge is -2.29. The molecule has 0 spiro atoms. The van der Waals surface area contributed by atoms with Gasteiger partial charge in [-0.2, -0.15) is 17.6 Å². The number of piperazine rings is 1. The molecule has 2 aromatic heterocycles. The van der Waals surface area contributed by atoms with E-state index < -0.39 is 10.0 Å². The second-order valence-corrected chi connectivity index (χ2v) is 8.04. The highest BCUT2D eigenvalue weighted by Crippen LogP contribution is 2.28. The molecule has 26 heavy (non-hydrogen) atoms. The van der Waals surface area contributed by atoms with Gasteiger partial charge in [-0.1, -0.05) is 6.92 Å². The largest absolute Gasteiger partial charge is 0.369 e. The molecule has 1 aromatic carbocycles. The number of benzene rings is 1. The molecule has 1 aliphatic rings. The Morgan fingerprint density at radius 2 is 2.00 bits per heavy atom. The van der Waals surface area contributed by atoms with Crippen molar-refractivity contribution in [2.75, 3.05) is 31.1 Å². The number of pyridine rings is 1. The van der Waals surface area contributed by atoms with Crippen molar-refractivity contribution in [3.63, 3.8) is 0 Å². The summed E-state index contributed by atoms with van der Waals surface area (Å²) in [4.78, 5) is 6.34. The second kappa shape index (κ2) is 6.69. The van der Waals surface area contributed by atoms with Crippen LogP contribution in [0.5, 0.6) is 0 Å². The monoisotopic (exact) mass is 371 g/mol. The number of fused-ring (bicyclic) bond motifs is 1. The molecular weight excluding hydrogens is 350 g/mol. The lowest BCUT2D eigenvalue weighted by atomic mass is 10.1. The number of anilines is 1. The third-order valence-corrected chi connectivity index (χ3v) is 6.26. The third kappa shape index (κ3) is 2.85. The van der Waals surface area contributed by atoms with Crippen molar-refractivity contribution >= 4 is 26.6 Å². The van der Waals surface area contributed by atoms with Crippen LogP contribution in [0.15, 0.2) is 47.6 Å². The minimum absolute atomic E-state index is 0.139. The van der Waals surface area contributed by atoms with Crippen LogP contribution in [0.1, 0.15) is 12.6 Å². The van der Waals surface area contributed by atoms with Gasteiger partial charge in [0.2, 0.25) is 0 Å². The summed E-state index contributed by atoms with van der Waals surface area (Å²) in [6.45, 7) is 5.62. The average Bonchev–Trinajstić information content (AvgIpc) is 3.08. The minimum Gasteiger partial charge on any atom is -0.369 e. The zero-order valence-corrected chi connectivity index (χ0v) is 15.4. The number of hydrogen-bond donors (Lipinski definition) is 1. The first-order chi connectivity index (χ1) is 12.6. The van der Waals surface area contributed by atoms with Gasteiger partial charge in [-0.15, -0.1) is 0 Å². The third-order valence-electron chi connectivity index (χ3n) is 4.69. The molecule has 4 rings (SSSR count). The van der Waals surface area contributed by atoms with Crippen molar-refractivity contribution in [2.24, 2.45) is 0 Å². The fraction of sp³-hybridized carbons (Fsp3) is 0.333. The Labute approximate surface area is 152 Å². The number of nitrogens with one attached hydrogen (secondary N) is 1. The van der Waals surface area contributed by atoms with E-state index >= 15 is 0 Å². The van der Waals surface area contributed by atoms with Crippen LogP contribution in [-0.2, 0) is 16.4 Å². The molecule has 0 saturated carbocycles. The molecule has 0 aliphatic carbocycles. The van der Waals surface area contributed by atoms with E-state index in [-0.39, 0.29) is 4.90 Å². The van der Waals surface area contributed by atoms with E-state index in [4.69, 9.17) is 0 Å². The van der Waals surface area contributed by atoms with Gasteiger partial charge in [0.25, 0.3) is 10.0 Å². The summed E-state index contributed by atoms with van der Waals surface area (Å²) < 4.78 is 27.4. The van der Waals surface area contributed by atoms with E-state index in [0.717, 1.165) is 47.0 Å². The molecule has 136 valence electrons. The van der Waals surface area contributed by atoms with Crippen LogP contribution in [0.2, 0.25) is 0 Å². The maximum absolute atomic E-state index is 13.1. The van der Waals surface area contributed by atoms with E-state index in [0.29, 0.717) is 11.9 Å². The van der Waals surface area contributed by atoms with Crippen LogP contribution >= 0.6 is 0 Å². The summed E-state index contributed by atoms with van der Waals surface area (Å²) in [7, 11) is -3.79. The zero-order chi connectivity index (χ0) is 18.1. The topological polar surface area (TPSA) is 80.1 Å². The van der Waals surface area contributed by atoms with Crippen molar-refractivity contribution in [3.8, 4) is 0 Å². The molecule has 1 N–H and O–H groups in total. The molecule has 0 bridgehead atoms. The molecule has 3 heterocycles. The summed E-state index contributed by atoms with van der Waals surface area (Å²) in [5.74, 6) is 0. The van der Waals surface area contributed by atoms with Gasteiger partial charge < -0.3 is 10.2 Å². The normalized spacial score (nSPS) is 15.5. The van der Waals surface area contributed by atoms with Gasteiger partial charge in [0.1, 0.15) is 4.90 Å². The Morgan fingerprint density at radius 3 is 2.69 bits per heavy atom. The van der Waals surface area contributed by atoms with Gasteiger partial charge in [0.15, 0.2) is 0 Å². The highest BCUT2D eigenvalue weighted by Gasteiger charge is 2.23. The van der Waals surface area contributed by atoms with Gasteiger partial charge in [-0.25, -0.2) is 0 Å². The first-order valence-corrected chi connectivity index (χ1v) is 10.2. The maximum Gasteiger partial charge on any atom is 0.285 e. The van der Waals surface area contributed by atoms with Gasteiger partial charge >= 0.3 is 0 Å². The van der Waals surface area contributed by atoms with Crippen LogP contribution in [0.4, 0.5) is 5.69 Å². The molecule has 0 atom stereocenters. The quantitative estimate of drug-likeness (QED) is 0.751. The Bertz CT molecular complexity index is 1020. The Hall–Kier alpha value is -2.45. The number of aryl methyl sites for hydroxylation is 1. The van der Waals surface area contributed by atoms with Gasteiger partial charge in [-0.3, -0.25) is 4.98 Å². The molecule has 7 nitrogen and oxygen atoms in total. The summed E-state index contributed by atoms with van der Waals surface area (Å²) >= 11 is 0. The maximum atomic E-state index is 13.1. The van der Waals surface area contributed by atoms with Crippen LogP contribution in [0.25, 0.3) is 10.9 Å². The second-order valence-electron chi connectivity index (χ2n) is 6.28. The lowest BCUT2D eigenvalue weighted by molar-refractivity contribution is 0.581. The SMILES string of the molecule is CCc1nn(S(=O)(=O)c2cccnc2)c2cc(N3CCNCC3)ccc12. The van der Waals surface area contributed by atoms with Crippen LogP contribution in [0, 0.1) is 0 Å². The Kier molecular flexibility index (Phi) is 4.37. The highest BCUT2D eigenvalue weighted by atomic mass is 32.2. The van der Waals surface area contributed by atoms with Gasteiger partial charge in [-0.05, 0) is 36.8 Å². The van der Waals surface area contributed by atoms with Crippen molar-refractivity contribution in [1.82, 2.24) is 19.5 Å². The van der Waals surface area contributed by atoms with E-state index in [1.54, 1.807) is 18.3 Å². The molecule has 1 aliphatic heterocycles. The molecule has 3 aromatic rings. The summed E-state index contributed by atoms with van der Waals surface area (Å²) in [5.41, 5.74) is 2.41. The van der Waals surface area contributed by atoms with Crippen molar-refractivity contribution < 1.29 is 8.42 Å². The molecule has 0 radical (unpaired) electrons.